The van der Waals surface area contributed by atoms with Crippen LogP contribution in [0.15, 0.2) is 42.6 Å². The molecule has 1 fully saturated rings. The zero-order valence-corrected chi connectivity index (χ0v) is 20.1. The van der Waals surface area contributed by atoms with E-state index in [2.05, 4.69) is 30.8 Å². The highest BCUT2D eigenvalue weighted by molar-refractivity contribution is 5.91. The van der Waals surface area contributed by atoms with Crippen LogP contribution in [-0.2, 0) is 11.8 Å². The van der Waals surface area contributed by atoms with Crippen LogP contribution in [0.2, 0.25) is 0 Å². The van der Waals surface area contributed by atoms with Gasteiger partial charge in [0, 0.05) is 57.2 Å². The Balaban J connectivity index is 1.42. The summed E-state index contributed by atoms with van der Waals surface area (Å²) in [6.07, 6.45) is 2.66. The number of rotatable bonds is 7. The molecule has 0 radical (unpaired) electrons. The van der Waals surface area contributed by atoms with Crippen molar-refractivity contribution in [3.05, 3.63) is 48.2 Å². The minimum absolute atomic E-state index is 0.0861. The van der Waals surface area contributed by atoms with Crippen LogP contribution in [0, 0.1) is 6.92 Å². The number of carbonyl (C=O) groups excluding carboxylic acids is 1. The van der Waals surface area contributed by atoms with E-state index in [0.29, 0.717) is 23.6 Å². The van der Waals surface area contributed by atoms with Gasteiger partial charge in [0.05, 0.1) is 18.0 Å². The zero-order chi connectivity index (χ0) is 24.4. The summed E-state index contributed by atoms with van der Waals surface area (Å²) >= 11 is 0. The van der Waals surface area contributed by atoms with Crippen LogP contribution < -0.4 is 10.6 Å². The number of anilines is 1. The smallest absolute Gasteiger partial charge is 0.320 e. The molecule has 2 N–H and O–H groups in total. The van der Waals surface area contributed by atoms with Crippen LogP contribution >= 0.6 is 0 Å². The number of aryl methyl sites for hydroxylation is 1. The van der Waals surface area contributed by atoms with Gasteiger partial charge >= 0.3 is 6.03 Å². The maximum absolute atomic E-state index is 13.0. The van der Waals surface area contributed by atoms with E-state index in [0.717, 1.165) is 48.6 Å². The fraction of sp³-hybridized carbons (Fsp3) is 0.375. The number of methoxy groups -OCH3 is 1. The second-order valence-corrected chi connectivity index (χ2v) is 8.73. The molecule has 182 valence electrons. The lowest BCUT2D eigenvalue weighted by Crippen LogP contribution is -2.40. The number of fused-ring (bicyclic) bond motifs is 1. The molecule has 0 saturated carbocycles. The Labute approximate surface area is 203 Å². The van der Waals surface area contributed by atoms with Crippen LogP contribution in [0.1, 0.15) is 12.0 Å². The summed E-state index contributed by atoms with van der Waals surface area (Å²) in [7, 11) is 3.51. The molecule has 4 heterocycles. The SMILES string of the molecule is COCCN1CC[C@H](NC(=O)Nc2c(C)c(-c3cnc4c(c3)nnn4C)nn2-c2ccccc2)C1. The van der Waals surface area contributed by atoms with Gasteiger partial charge in [-0.05, 0) is 31.5 Å². The number of urea groups is 1. The molecule has 11 nitrogen and oxygen atoms in total. The maximum atomic E-state index is 13.0. The van der Waals surface area contributed by atoms with Crippen LogP contribution in [0.25, 0.3) is 28.1 Å². The molecule has 35 heavy (non-hydrogen) atoms. The van der Waals surface area contributed by atoms with Gasteiger partial charge in [-0.15, -0.1) is 5.10 Å². The lowest BCUT2D eigenvalue weighted by molar-refractivity contribution is 0.160. The van der Waals surface area contributed by atoms with E-state index in [4.69, 9.17) is 9.84 Å². The predicted octanol–water partition coefficient (Wildman–Crippen LogP) is 2.37. The molecular weight excluding hydrogens is 446 g/mol. The lowest BCUT2D eigenvalue weighted by atomic mass is 10.1. The van der Waals surface area contributed by atoms with Gasteiger partial charge in [0.1, 0.15) is 11.3 Å². The van der Waals surface area contributed by atoms with Crippen molar-refractivity contribution in [3.63, 3.8) is 0 Å². The largest absolute Gasteiger partial charge is 0.383 e. The quantitative estimate of drug-likeness (QED) is 0.422. The minimum Gasteiger partial charge on any atom is -0.383 e. The second kappa shape index (κ2) is 9.80. The summed E-state index contributed by atoms with van der Waals surface area (Å²) in [5.74, 6) is 0.608. The first-order chi connectivity index (χ1) is 17.0. The maximum Gasteiger partial charge on any atom is 0.320 e. The lowest BCUT2D eigenvalue weighted by Gasteiger charge is -2.17. The van der Waals surface area contributed by atoms with Crippen LogP contribution in [0.3, 0.4) is 0 Å². The summed E-state index contributed by atoms with van der Waals surface area (Å²) in [5.41, 5.74) is 4.58. The molecule has 1 aliphatic heterocycles. The van der Waals surface area contributed by atoms with E-state index in [9.17, 15) is 4.79 Å². The summed E-state index contributed by atoms with van der Waals surface area (Å²) in [6.45, 7) is 5.25. The number of para-hydroxylation sites is 1. The van der Waals surface area contributed by atoms with Gasteiger partial charge in [-0.3, -0.25) is 10.2 Å². The van der Waals surface area contributed by atoms with E-state index in [-0.39, 0.29) is 12.1 Å². The normalized spacial score (nSPS) is 16.1. The number of ether oxygens (including phenoxy) is 1. The number of benzene rings is 1. The van der Waals surface area contributed by atoms with E-state index < -0.39 is 0 Å². The number of likely N-dealkylation sites (tertiary alicyclic amines) is 1. The van der Waals surface area contributed by atoms with Crippen LogP contribution in [-0.4, -0.2) is 80.1 Å². The Bertz CT molecular complexity index is 1330. The van der Waals surface area contributed by atoms with Crippen molar-refractivity contribution < 1.29 is 9.53 Å². The fourth-order valence-corrected chi connectivity index (χ4v) is 4.43. The van der Waals surface area contributed by atoms with Gasteiger partial charge in [-0.1, -0.05) is 23.4 Å². The first-order valence-corrected chi connectivity index (χ1v) is 11.6. The van der Waals surface area contributed by atoms with Crippen molar-refractivity contribution in [2.45, 2.75) is 19.4 Å². The number of pyridine rings is 1. The molecule has 0 aliphatic carbocycles. The summed E-state index contributed by atoms with van der Waals surface area (Å²) in [4.78, 5) is 19.8. The molecule has 1 saturated heterocycles. The molecule has 11 heteroatoms. The average molecular weight is 476 g/mol. The van der Waals surface area contributed by atoms with Crippen LogP contribution in [0.4, 0.5) is 10.6 Å². The summed E-state index contributed by atoms with van der Waals surface area (Å²) in [6, 6.07) is 11.5. The van der Waals surface area contributed by atoms with E-state index in [1.54, 1.807) is 29.7 Å². The van der Waals surface area contributed by atoms with Crippen molar-refractivity contribution in [2.24, 2.45) is 7.05 Å². The average Bonchev–Trinajstić information content (AvgIpc) is 3.56. The highest BCUT2D eigenvalue weighted by Gasteiger charge is 2.25. The first-order valence-electron chi connectivity index (χ1n) is 11.6. The van der Waals surface area contributed by atoms with Gasteiger partial charge in [0.25, 0.3) is 0 Å². The zero-order valence-electron chi connectivity index (χ0n) is 20.1. The van der Waals surface area contributed by atoms with Crippen molar-refractivity contribution in [3.8, 4) is 16.9 Å². The Morgan fingerprint density at radius 1 is 1.26 bits per heavy atom. The van der Waals surface area contributed by atoms with Crippen molar-refractivity contribution >= 4 is 23.0 Å². The first kappa shape index (κ1) is 22.9. The number of carbonyl (C=O) groups is 1. The van der Waals surface area contributed by atoms with Gasteiger partial charge in [0.2, 0.25) is 0 Å². The number of nitrogens with zero attached hydrogens (tertiary/aromatic N) is 7. The molecule has 1 atom stereocenters. The Hall–Kier alpha value is -3.83. The molecule has 1 aromatic carbocycles. The topological polar surface area (TPSA) is 115 Å². The van der Waals surface area contributed by atoms with Crippen molar-refractivity contribution in [2.75, 3.05) is 38.7 Å². The van der Waals surface area contributed by atoms with Crippen molar-refractivity contribution in [1.29, 1.82) is 0 Å². The molecule has 1 aliphatic rings. The highest BCUT2D eigenvalue weighted by Crippen LogP contribution is 2.31. The molecule has 0 spiro atoms. The Morgan fingerprint density at radius 2 is 2.09 bits per heavy atom. The molecular formula is C24H29N9O2. The summed E-state index contributed by atoms with van der Waals surface area (Å²) < 4.78 is 8.55. The van der Waals surface area contributed by atoms with E-state index in [1.165, 1.54) is 0 Å². The minimum atomic E-state index is -0.252. The van der Waals surface area contributed by atoms with E-state index >= 15 is 0 Å². The molecule has 3 aromatic heterocycles. The Kier molecular flexibility index (Phi) is 6.43. The molecule has 0 bridgehead atoms. The Morgan fingerprint density at radius 3 is 2.89 bits per heavy atom. The van der Waals surface area contributed by atoms with Crippen LogP contribution in [0.5, 0.6) is 0 Å². The molecule has 2 amide bonds. The number of amides is 2. The third-order valence-corrected chi connectivity index (χ3v) is 6.29. The summed E-state index contributed by atoms with van der Waals surface area (Å²) in [5, 5.41) is 19.2. The van der Waals surface area contributed by atoms with Gasteiger partial charge in [-0.2, -0.15) is 5.10 Å². The molecule has 4 aromatic rings. The predicted molar refractivity (Wildman–Crippen MR) is 132 cm³/mol. The second-order valence-electron chi connectivity index (χ2n) is 8.73. The van der Waals surface area contributed by atoms with Gasteiger partial charge < -0.3 is 10.1 Å². The number of aromatic nitrogens is 6. The van der Waals surface area contributed by atoms with E-state index in [1.807, 2.05) is 43.3 Å². The van der Waals surface area contributed by atoms with Gasteiger partial charge in [0.15, 0.2) is 5.65 Å². The third kappa shape index (κ3) is 4.73. The third-order valence-electron chi connectivity index (χ3n) is 6.29. The standard InChI is InChI=1S/C24H29N9O2/c1-16-21(17-13-20-23(25-14-17)31(2)30-28-20)29-33(19-7-5-4-6-8-19)22(16)27-24(34)26-18-9-10-32(15-18)11-12-35-3/h4-8,13-14,18H,9-12,15H2,1-3H3,(H2,26,27,34)/t18-/m0/s1. The number of hydrogen-bond acceptors (Lipinski definition) is 7. The highest BCUT2D eigenvalue weighted by atomic mass is 16.5. The van der Waals surface area contributed by atoms with Gasteiger partial charge in [-0.25, -0.2) is 19.1 Å². The van der Waals surface area contributed by atoms with Crippen molar-refractivity contribution in [1.82, 2.24) is 40.0 Å². The molecule has 0 unspecified atom stereocenters. The monoisotopic (exact) mass is 475 g/mol. The molecule has 5 rings (SSSR count). The fourth-order valence-electron chi connectivity index (χ4n) is 4.43. The number of hydrogen-bond donors (Lipinski definition) is 2. The number of nitrogens with one attached hydrogen (secondary N) is 2.